The van der Waals surface area contributed by atoms with Crippen LogP contribution in [-0.2, 0) is 11.3 Å². The van der Waals surface area contributed by atoms with Crippen LogP contribution in [0.3, 0.4) is 0 Å². The molecule has 4 rings (SSSR count). The van der Waals surface area contributed by atoms with Crippen molar-refractivity contribution in [2.45, 2.75) is 12.6 Å². The van der Waals surface area contributed by atoms with Gasteiger partial charge in [-0.05, 0) is 34.1 Å². The monoisotopic (exact) mass is 372 g/mol. The molecule has 6 heteroatoms. The molecule has 1 unspecified atom stereocenters. The molecule has 2 aromatic heterocycles. The Bertz CT molecular complexity index is 805. The second-order valence-corrected chi connectivity index (χ2v) is 6.49. The molecule has 118 valence electrons. The van der Waals surface area contributed by atoms with Crippen LogP contribution in [0, 0.1) is 0 Å². The Kier molecular flexibility index (Phi) is 4.01. The van der Waals surface area contributed by atoms with Gasteiger partial charge in [-0.25, -0.2) is 0 Å². The van der Waals surface area contributed by atoms with Gasteiger partial charge < -0.3 is 9.64 Å². The van der Waals surface area contributed by atoms with Crippen LogP contribution < -0.4 is 4.90 Å². The number of halogens is 1. The fourth-order valence-corrected chi connectivity index (χ4v) is 3.54. The molecule has 1 saturated heterocycles. The largest absolute Gasteiger partial charge is 0.373 e. The summed E-state index contributed by atoms with van der Waals surface area (Å²) in [7, 11) is 0. The van der Waals surface area contributed by atoms with Gasteiger partial charge in [-0.2, -0.15) is 5.10 Å². The standard InChI is InChI=1S/C17H17BrN4O/c18-15-4-1-3-14-16(5-7-19-17(14)15)21-9-10-23-13(11-21)12-22-8-2-6-20-22/h1-8,13H,9-12H2. The number of morpholine rings is 1. The topological polar surface area (TPSA) is 43.2 Å². The zero-order valence-corrected chi connectivity index (χ0v) is 14.2. The second-order valence-electron chi connectivity index (χ2n) is 5.63. The molecular weight excluding hydrogens is 356 g/mol. The van der Waals surface area contributed by atoms with Crippen LogP contribution in [0.15, 0.2) is 53.4 Å². The smallest absolute Gasteiger partial charge is 0.0946 e. The average Bonchev–Trinajstić information content (AvgIpc) is 3.08. The van der Waals surface area contributed by atoms with E-state index in [4.69, 9.17) is 4.74 Å². The summed E-state index contributed by atoms with van der Waals surface area (Å²) in [4.78, 5) is 6.88. The number of pyridine rings is 1. The highest BCUT2D eigenvalue weighted by molar-refractivity contribution is 9.10. The molecule has 1 fully saturated rings. The molecule has 0 aliphatic carbocycles. The van der Waals surface area contributed by atoms with Crippen molar-refractivity contribution >= 4 is 32.5 Å². The summed E-state index contributed by atoms with van der Waals surface area (Å²) in [6.45, 7) is 3.24. The first-order valence-corrected chi connectivity index (χ1v) is 8.48. The minimum Gasteiger partial charge on any atom is -0.373 e. The lowest BCUT2D eigenvalue weighted by molar-refractivity contribution is 0.0275. The fraction of sp³-hybridized carbons (Fsp3) is 0.294. The third kappa shape index (κ3) is 2.96. The van der Waals surface area contributed by atoms with E-state index in [1.54, 1.807) is 6.20 Å². The van der Waals surface area contributed by atoms with E-state index < -0.39 is 0 Å². The molecule has 1 atom stereocenters. The first-order chi connectivity index (χ1) is 11.3. The van der Waals surface area contributed by atoms with Crippen molar-refractivity contribution in [1.82, 2.24) is 14.8 Å². The molecule has 0 N–H and O–H groups in total. The van der Waals surface area contributed by atoms with Gasteiger partial charge in [0.2, 0.25) is 0 Å². The molecule has 0 spiro atoms. The molecule has 0 bridgehead atoms. The summed E-state index contributed by atoms with van der Waals surface area (Å²) in [6, 6.07) is 10.2. The Labute approximate surface area is 143 Å². The molecule has 1 aliphatic rings. The summed E-state index contributed by atoms with van der Waals surface area (Å²) in [5, 5.41) is 5.44. The van der Waals surface area contributed by atoms with Crippen molar-refractivity contribution in [1.29, 1.82) is 0 Å². The maximum atomic E-state index is 5.91. The summed E-state index contributed by atoms with van der Waals surface area (Å²) >= 11 is 3.59. The highest BCUT2D eigenvalue weighted by Gasteiger charge is 2.22. The number of benzene rings is 1. The zero-order valence-electron chi connectivity index (χ0n) is 12.6. The first kappa shape index (κ1) is 14.7. The maximum Gasteiger partial charge on any atom is 0.0946 e. The number of aromatic nitrogens is 3. The SMILES string of the molecule is Brc1cccc2c(N3CCOC(Cn4cccn4)C3)ccnc12. The summed E-state index contributed by atoms with van der Waals surface area (Å²) < 4.78 is 8.86. The third-order valence-corrected chi connectivity index (χ3v) is 4.77. The summed E-state index contributed by atoms with van der Waals surface area (Å²) in [5.74, 6) is 0. The van der Waals surface area contributed by atoms with Crippen LogP contribution in [0.5, 0.6) is 0 Å². The number of ether oxygens (including phenoxy) is 1. The highest BCUT2D eigenvalue weighted by Crippen LogP contribution is 2.30. The molecule has 0 saturated carbocycles. The Morgan fingerprint density at radius 1 is 1.22 bits per heavy atom. The van der Waals surface area contributed by atoms with E-state index >= 15 is 0 Å². The van der Waals surface area contributed by atoms with Gasteiger partial charge >= 0.3 is 0 Å². The lowest BCUT2D eigenvalue weighted by atomic mass is 10.1. The molecule has 1 aliphatic heterocycles. The third-order valence-electron chi connectivity index (χ3n) is 4.13. The Hall–Kier alpha value is -1.92. The number of hydrogen-bond acceptors (Lipinski definition) is 4. The molecule has 5 nitrogen and oxygen atoms in total. The Morgan fingerprint density at radius 3 is 3.04 bits per heavy atom. The van der Waals surface area contributed by atoms with Crippen LogP contribution in [-0.4, -0.2) is 40.6 Å². The van der Waals surface area contributed by atoms with Gasteiger partial charge in [0.25, 0.3) is 0 Å². The number of nitrogens with zero attached hydrogens (tertiary/aromatic N) is 4. The van der Waals surface area contributed by atoms with Crippen LogP contribution in [0.4, 0.5) is 5.69 Å². The van der Waals surface area contributed by atoms with Crippen LogP contribution in [0.2, 0.25) is 0 Å². The first-order valence-electron chi connectivity index (χ1n) is 7.68. The van der Waals surface area contributed by atoms with Gasteiger partial charge in [-0.15, -0.1) is 0 Å². The second kappa shape index (κ2) is 6.29. The minimum absolute atomic E-state index is 0.138. The number of fused-ring (bicyclic) bond motifs is 1. The van der Waals surface area contributed by atoms with E-state index in [-0.39, 0.29) is 6.10 Å². The van der Waals surface area contributed by atoms with E-state index in [1.165, 1.54) is 11.1 Å². The van der Waals surface area contributed by atoms with Gasteiger partial charge in [-0.1, -0.05) is 12.1 Å². The predicted molar refractivity (Wildman–Crippen MR) is 93.6 cm³/mol. The van der Waals surface area contributed by atoms with Crippen molar-refractivity contribution in [2.75, 3.05) is 24.6 Å². The summed E-state index contributed by atoms with van der Waals surface area (Å²) in [5.41, 5.74) is 2.21. The van der Waals surface area contributed by atoms with Gasteiger partial charge in [0, 0.05) is 47.2 Å². The van der Waals surface area contributed by atoms with Crippen LogP contribution >= 0.6 is 15.9 Å². The number of anilines is 1. The highest BCUT2D eigenvalue weighted by atomic mass is 79.9. The number of rotatable bonds is 3. The molecular formula is C17H17BrN4O. The number of para-hydroxylation sites is 1. The quantitative estimate of drug-likeness (QED) is 0.708. The molecule has 23 heavy (non-hydrogen) atoms. The van der Waals surface area contributed by atoms with Crippen molar-refractivity contribution in [3.63, 3.8) is 0 Å². The van der Waals surface area contributed by atoms with Crippen molar-refractivity contribution in [3.8, 4) is 0 Å². The van der Waals surface area contributed by atoms with Crippen LogP contribution in [0.25, 0.3) is 10.9 Å². The molecule has 3 aromatic rings. The van der Waals surface area contributed by atoms with Crippen LogP contribution in [0.1, 0.15) is 0 Å². The molecule has 3 heterocycles. The average molecular weight is 373 g/mol. The van der Waals surface area contributed by atoms with Crippen molar-refractivity contribution < 1.29 is 4.74 Å². The van der Waals surface area contributed by atoms with E-state index in [1.807, 2.05) is 29.2 Å². The predicted octanol–water partition coefficient (Wildman–Crippen LogP) is 3.10. The number of hydrogen-bond donors (Lipinski definition) is 0. The normalized spacial score (nSPS) is 18.5. The van der Waals surface area contributed by atoms with Gasteiger partial charge in [-0.3, -0.25) is 9.67 Å². The Balaban J connectivity index is 1.61. The van der Waals surface area contributed by atoms with Crippen molar-refractivity contribution in [2.24, 2.45) is 0 Å². The van der Waals surface area contributed by atoms with E-state index in [2.05, 4.69) is 49.1 Å². The Morgan fingerprint density at radius 2 is 2.17 bits per heavy atom. The van der Waals surface area contributed by atoms with E-state index in [0.717, 1.165) is 36.2 Å². The van der Waals surface area contributed by atoms with Crippen molar-refractivity contribution in [3.05, 3.63) is 53.4 Å². The van der Waals surface area contributed by atoms with Gasteiger partial charge in [0.1, 0.15) is 0 Å². The molecule has 0 radical (unpaired) electrons. The maximum absolute atomic E-state index is 5.91. The van der Waals surface area contributed by atoms with Gasteiger partial charge in [0.15, 0.2) is 0 Å². The fourth-order valence-electron chi connectivity index (χ4n) is 3.07. The zero-order chi connectivity index (χ0) is 15.6. The van der Waals surface area contributed by atoms with Gasteiger partial charge in [0.05, 0.1) is 24.8 Å². The van der Waals surface area contributed by atoms with E-state index in [9.17, 15) is 0 Å². The lowest BCUT2D eigenvalue weighted by Gasteiger charge is -2.35. The summed E-state index contributed by atoms with van der Waals surface area (Å²) in [6.07, 6.45) is 5.79. The van der Waals surface area contributed by atoms with E-state index in [0.29, 0.717) is 0 Å². The molecule has 1 aromatic carbocycles. The molecule has 0 amide bonds. The minimum atomic E-state index is 0.138. The lowest BCUT2D eigenvalue weighted by Crippen LogP contribution is -2.44.